The predicted octanol–water partition coefficient (Wildman–Crippen LogP) is 1.49. The van der Waals surface area contributed by atoms with E-state index in [1.54, 1.807) is 21.6 Å². The summed E-state index contributed by atoms with van der Waals surface area (Å²) in [5.74, 6) is -8.67. The fourth-order valence-electron chi connectivity index (χ4n) is 3.57. The van der Waals surface area contributed by atoms with Gasteiger partial charge in [-0.05, 0) is 0 Å². The smallest absolute Gasteiger partial charge is 0.253 e. The average Bonchev–Trinajstić information content (AvgIpc) is 3.61. The van der Waals surface area contributed by atoms with Crippen molar-refractivity contribution in [2.45, 2.75) is 0 Å². The topological polar surface area (TPSA) is 210 Å². The summed E-state index contributed by atoms with van der Waals surface area (Å²) in [6, 6.07) is 18.2. The largest absolute Gasteiger partial charge is 0.301 e. The Morgan fingerprint density at radius 2 is 0.886 bits per heavy atom. The zero-order valence-corrected chi connectivity index (χ0v) is 25.8. The summed E-state index contributed by atoms with van der Waals surface area (Å²) < 4.78 is 49.2. The van der Waals surface area contributed by atoms with Crippen LogP contribution >= 0.6 is 22.7 Å². The van der Waals surface area contributed by atoms with E-state index in [4.69, 9.17) is 0 Å². The molecule has 0 aliphatic carbocycles. The van der Waals surface area contributed by atoms with E-state index in [9.17, 15) is 36.0 Å². The predicted molar refractivity (Wildman–Crippen MR) is 166 cm³/mol. The van der Waals surface area contributed by atoms with E-state index in [0.29, 0.717) is 11.4 Å². The first kappa shape index (κ1) is 32.4. The van der Waals surface area contributed by atoms with Crippen LogP contribution in [0, 0.1) is 0 Å². The van der Waals surface area contributed by atoms with Gasteiger partial charge in [-0.15, -0.1) is 22.7 Å². The number of carbonyl (C=O) groups excluding carboxylic acids is 4. The first-order valence-corrected chi connectivity index (χ1v) is 17.9. The number of hydrogen-bond donors (Lipinski definition) is 4. The minimum Gasteiger partial charge on any atom is -0.301 e. The van der Waals surface area contributed by atoms with Gasteiger partial charge in [0.15, 0.2) is 29.9 Å². The average molecular weight is 677 g/mol. The highest BCUT2D eigenvalue weighted by Gasteiger charge is 2.24. The van der Waals surface area contributed by atoms with Crippen LogP contribution in [0.15, 0.2) is 71.4 Å². The van der Waals surface area contributed by atoms with E-state index in [-0.39, 0.29) is 10.3 Å². The van der Waals surface area contributed by atoms with Crippen molar-refractivity contribution < 1.29 is 36.0 Å². The van der Waals surface area contributed by atoms with Crippen molar-refractivity contribution >= 4 is 76.2 Å². The number of hydrazine groups is 1. The highest BCUT2D eigenvalue weighted by molar-refractivity contribution is 7.93. The molecule has 0 saturated carbocycles. The molecular formula is C26H24N6O8S4. The minimum atomic E-state index is -4.26. The second-order valence-electron chi connectivity index (χ2n) is 9.07. The van der Waals surface area contributed by atoms with Gasteiger partial charge in [0.1, 0.15) is 23.0 Å². The van der Waals surface area contributed by atoms with E-state index in [2.05, 4.69) is 20.6 Å². The molecule has 4 N–H and O–H groups in total. The van der Waals surface area contributed by atoms with Crippen molar-refractivity contribution in [1.82, 2.24) is 20.8 Å². The molecule has 0 spiro atoms. The molecular weight excluding hydrogens is 653 g/mol. The van der Waals surface area contributed by atoms with Gasteiger partial charge in [0.2, 0.25) is 11.8 Å². The molecule has 0 fully saturated rings. The normalized spacial score (nSPS) is 11.4. The number of anilines is 2. The third-order valence-electron chi connectivity index (χ3n) is 5.39. The van der Waals surface area contributed by atoms with Gasteiger partial charge in [-0.25, -0.2) is 26.8 Å². The number of benzene rings is 2. The Labute approximate surface area is 259 Å². The van der Waals surface area contributed by atoms with Gasteiger partial charge in [0.25, 0.3) is 11.8 Å². The summed E-state index contributed by atoms with van der Waals surface area (Å²) in [5.41, 5.74) is 6.35. The SMILES string of the molecule is O=C(CS(=O)(=O)CC(=O)Nc1nc(-c2ccccc2)cs1)NNC(=O)CS(=O)(=O)CC(=O)Nc1nc(-c2ccccc2)cs1. The molecule has 2 heterocycles. The standard InChI is InChI=1S/C26H24N6O8S4/c33-21(29-25-27-19(11-41-25)17-7-3-1-4-8-17)13-43(37,38)15-23(35)31-32-24(36)16-44(39,40)14-22(34)30-26-28-20(12-42-26)18-9-5-2-6-10-18/h1-12H,13-16H2,(H,31,35)(H,32,36)(H,27,29,33)(H,28,30,34). The maximum absolute atomic E-state index is 12.3. The molecule has 0 atom stereocenters. The first-order chi connectivity index (χ1) is 20.9. The van der Waals surface area contributed by atoms with E-state index < -0.39 is 66.3 Å². The lowest BCUT2D eigenvalue weighted by atomic mass is 10.2. The molecule has 2 aromatic carbocycles. The van der Waals surface area contributed by atoms with Crippen molar-refractivity contribution in [3.05, 3.63) is 71.4 Å². The van der Waals surface area contributed by atoms with Crippen LogP contribution in [0.2, 0.25) is 0 Å². The van der Waals surface area contributed by atoms with Crippen LogP contribution < -0.4 is 21.5 Å². The Morgan fingerprint density at radius 3 is 1.25 bits per heavy atom. The highest BCUT2D eigenvalue weighted by Crippen LogP contribution is 2.25. The van der Waals surface area contributed by atoms with Gasteiger partial charge in [-0.1, -0.05) is 60.7 Å². The Kier molecular flexibility index (Phi) is 10.5. The molecule has 44 heavy (non-hydrogen) atoms. The Bertz CT molecular complexity index is 1740. The number of carbonyl (C=O) groups is 4. The van der Waals surface area contributed by atoms with Gasteiger partial charge in [-0.2, -0.15) is 0 Å². The molecule has 0 radical (unpaired) electrons. The maximum Gasteiger partial charge on any atom is 0.253 e. The van der Waals surface area contributed by atoms with Crippen LogP contribution in [0.5, 0.6) is 0 Å². The number of nitrogens with one attached hydrogen (secondary N) is 4. The fourth-order valence-corrected chi connectivity index (χ4v) is 7.13. The van der Waals surface area contributed by atoms with Crippen LogP contribution in [0.4, 0.5) is 10.3 Å². The summed E-state index contributed by atoms with van der Waals surface area (Å²) in [5, 5.41) is 8.43. The Balaban J connectivity index is 1.18. The molecule has 0 aliphatic heterocycles. The van der Waals surface area contributed by atoms with Crippen LogP contribution in [-0.2, 0) is 38.9 Å². The number of nitrogens with zero attached hydrogens (tertiary/aromatic N) is 2. The second-order valence-corrected chi connectivity index (χ2v) is 14.9. The molecule has 4 amide bonds. The van der Waals surface area contributed by atoms with Crippen molar-refractivity contribution in [2.75, 3.05) is 33.6 Å². The van der Waals surface area contributed by atoms with Gasteiger partial charge < -0.3 is 10.6 Å². The quantitative estimate of drug-likeness (QED) is 0.159. The molecule has 0 unspecified atom stereocenters. The summed E-state index contributed by atoms with van der Waals surface area (Å²) >= 11 is 2.18. The zero-order chi connectivity index (χ0) is 31.7. The van der Waals surface area contributed by atoms with Crippen molar-refractivity contribution in [3.63, 3.8) is 0 Å². The van der Waals surface area contributed by atoms with Gasteiger partial charge >= 0.3 is 0 Å². The molecule has 14 nitrogen and oxygen atoms in total. The van der Waals surface area contributed by atoms with Crippen LogP contribution in [0.25, 0.3) is 22.5 Å². The number of aromatic nitrogens is 2. The molecule has 4 rings (SSSR count). The minimum absolute atomic E-state index is 0.166. The number of amides is 4. The monoisotopic (exact) mass is 676 g/mol. The summed E-state index contributed by atoms with van der Waals surface area (Å²) in [6.45, 7) is 0. The Morgan fingerprint density at radius 1 is 0.545 bits per heavy atom. The van der Waals surface area contributed by atoms with Crippen molar-refractivity contribution in [3.8, 4) is 22.5 Å². The van der Waals surface area contributed by atoms with Crippen LogP contribution in [-0.4, -0.2) is 73.4 Å². The second kappa shape index (κ2) is 14.3. The molecule has 0 bridgehead atoms. The lowest BCUT2D eigenvalue weighted by Gasteiger charge is -2.09. The molecule has 2 aromatic heterocycles. The first-order valence-electron chi connectivity index (χ1n) is 12.5. The van der Waals surface area contributed by atoms with Gasteiger partial charge in [0.05, 0.1) is 11.4 Å². The van der Waals surface area contributed by atoms with Crippen LogP contribution in [0.1, 0.15) is 0 Å². The molecule has 0 aliphatic rings. The summed E-state index contributed by atoms with van der Waals surface area (Å²) in [4.78, 5) is 57.0. The van der Waals surface area contributed by atoms with Gasteiger partial charge in [-0.3, -0.25) is 30.0 Å². The van der Waals surface area contributed by atoms with E-state index >= 15 is 0 Å². The number of hydrogen-bond acceptors (Lipinski definition) is 12. The van der Waals surface area contributed by atoms with Crippen molar-refractivity contribution in [2.24, 2.45) is 0 Å². The van der Waals surface area contributed by atoms with Gasteiger partial charge in [0, 0.05) is 21.9 Å². The maximum atomic E-state index is 12.3. The van der Waals surface area contributed by atoms with Crippen molar-refractivity contribution in [1.29, 1.82) is 0 Å². The van der Waals surface area contributed by atoms with E-state index in [0.717, 1.165) is 33.8 Å². The lowest BCUT2D eigenvalue weighted by molar-refractivity contribution is -0.126. The third-order valence-corrected chi connectivity index (χ3v) is 9.71. The zero-order valence-electron chi connectivity index (χ0n) is 22.6. The van der Waals surface area contributed by atoms with Crippen LogP contribution in [0.3, 0.4) is 0 Å². The lowest BCUT2D eigenvalue weighted by Crippen LogP contribution is -2.47. The molecule has 0 saturated heterocycles. The molecule has 230 valence electrons. The summed E-state index contributed by atoms with van der Waals surface area (Å²) in [6.07, 6.45) is 0. The molecule has 18 heteroatoms. The summed E-state index contributed by atoms with van der Waals surface area (Å²) in [7, 11) is -8.53. The number of rotatable bonds is 12. The molecule has 4 aromatic rings. The number of thiazole rings is 2. The number of sulfone groups is 2. The van der Waals surface area contributed by atoms with E-state index in [1.807, 2.05) is 60.7 Å². The Hall–Kier alpha value is -4.52. The van der Waals surface area contributed by atoms with E-state index in [1.165, 1.54) is 0 Å². The third kappa shape index (κ3) is 10.0. The fraction of sp³-hybridized carbons (Fsp3) is 0.154. The highest BCUT2D eigenvalue weighted by atomic mass is 32.2.